The lowest BCUT2D eigenvalue weighted by atomic mass is 9.82. The van der Waals surface area contributed by atoms with E-state index in [0.29, 0.717) is 11.3 Å². The first kappa shape index (κ1) is 10.2. The van der Waals surface area contributed by atoms with Gasteiger partial charge in [0, 0.05) is 5.92 Å². The highest BCUT2D eigenvalue weighted by Gasteiger charge is 2.61. The zero-order valence-corrected chi connectivity index (χ0v) is 10.6. The van der Waals surface area contributed by atoms with Gasteiger partial charge in [0.2, 0.25) is 0 Å². The summed E-state index contributed by atoms with van der Waals surface area (Å²) in [5.74, 6) is 2.28. The molecule has 1 fully saturated rings. The van der Waals surface area contributed by atoms with Crippen LogP contribution in [0.5, 0.6) is 0 Å². The molecule has 0 saturated heterocycles. The van der Waals surface area contributed by atoms with Crippen molar-refractivity contribution in [2.75, 3.05) is 0 Å². The molecule has 0 aromatic rings. The van der Waals surface area contributed by atoms with Crippen LogP contribution in [0, 0.1) is 23.2 Å². The second-order valence-corrected chi connectivity index (χ2v) is 6.13. The Morgan fingerprint density at radius 2 is 2.00 bits per heavy atom. The molecule has 1 heteroatoms. The Labute approximate surface area is 97.9 Å². The third kappa shape index (κ3) is 1.17. The lowest BCUT2D eigenvalue weighted by molar-refractivity contribution is 0.351. The second-order valence-electron chi connectivity index (χ2n) is 6.13. The molecule has 0 bridgehead atoms. The monoisotopic (exact) mass is 216 g/mol. The predicted octanol–water partition coefficient (Wildman–Crippen LogP) is 4.04. The third-order valence-electron chi connectivity index (χ3n) is 4.91. The van der Waals surface area contributed by atoms with Gasteiger partial charge in [0.05, 0.1) is 12.5 Å². The van der Waals surface area contributed by atoms with Crippen molar-refractivity contribution in [2.45, 2.75) is 34.1 Å². The van der Waals surface area contributed by atoms with Crippen LogP contribution in [0.25, 0.3) is 0 Å². The minimum Gasteiger partial charge on any atom is -0.472 e. The van der Waals surface area contributed by atoms with Crippen molar-refractivity contribution in [1.82, 2.24) is 0 Å². The normalized spacial score (nSPS) is 39.2. The molecule has 3 unspecified atom stereocenters. The molecule has 0 amide bonds. The summed E-state index contributed by atoms with van der Waals surface area (Å²) < 4.78 is 5.45. The summed E-state index contributed by atoms with van der Waals surface area (Å²) in [6.07, 6.45) is 7.53. The fourth-order valence-corrected chi connectivity index (χ4v) is 3.74. The van der Waals surface area contributed by atoms with Crippen LogP contribution in [0.2, 0.25) is 0 Å². The van der Waals surface area contributed by atoms with Crippen molar-refractivity contribution in [3.05, 3.63) is 35.3 Å². The molecule has 0 aromatic heterocycles. The van der Waals surface area contributed by atoms with Crippen LogP contribution in [0.4, 0.5) is 0 Å². The maximum absolute atomic E-state index is 5.45. The van der Waals surface area contributed by atoms with Crippen molar-refractivity contribution in [2.24, 2.45) is 23.2 Å². The van der Waals surface area contributed by atoms with E-state index in [0.717, 1.165) is 11.8 Å². The molecule has 2 aliphatic carbocycles. The Bertz CT molecular complexity index is 423. The lowest BCUT2D eigenvalue weighted by Crippen LogP contribution is -2.15. The predicted molar refractivity (Wildman–Crippen MR) is 65.6 cm³/mol. The van der Waals surface area contributed by atoms with Gasteiger partial charge < -0.3 is 4.74 Å². The highest BCUT2D eigenvalue weighted by Crippen LogP contribution is 2.67. The van der Waals surface area contributed by atoms with Crippen LogP contribution < -0.4 is 0 Å². The summed E-state index contributed by atoms with van der Waals surface area (Å²) >= 11 is 0. The van der Waals surface area contributed by atoms with E-state index < -0.39 is 0 Å². The van der Waals surface area contributed by atoms with Crippen LogP contribution in [0.15, 0.2) is 35.3 Å². The van der Waals surface area contributed by atoms with Crippen molar-refractivity contribution < 1.29 is 4.74 Å². The van der Waals surface area contributed by atoms with Gasteiger partial charge in [0.15, 0.2) is 0 Å². The Morgan fingerprint density at radius 1 is 1.25 bits per heavy atom. The molecule has 0 spiro atoms. The first-order chi connectivity index (χ1) is 7.53. The number of rotatable bonds is 0. The van der Waals surface area contributed by atoms with Crippen LogP contribution in [-0.2, 0) is 4.74 Å². The number of allylic oxidation sites excluding steroid dienone is 4. The van der Waals surface area contributed by atoms with Gasteiger partial charge in [0.25, 0.3) is 0 Å². The van der Waals surface area contributed by atoms with E-state index in [1.54, 1.807) is 0 Å². The van der Waals surface area contributed by atoms with Crippen molar-refractivity contribution in [3.63, 3.8) is 0 Å². The second kappa shape index (κ2) is 3.03. The van der Waals surface area contributed by atoms with E-state index in [4.69, 9.17) is 4.74 Å². The molecule has 3 aliphatic rings. The molecule has 1 nitrogen and oxygen atoms in total. The van der Waals surface area contributed by atoms with Gasteiger partial charge in [-0.1, -0.05) is 19.9 Å². The van der Waals surface area contributed by atoms with E-state index in [1.165, 1.54) is 23.1 Å². The van der Waals surface area contributed by atoms with Crippen LogP contribution in [0.1, 0.15) is 34.1 Å². The van der Waals surface area contributed by atoms with E-state index >= 15 is 0 Å². The summed E-state index contributed by atoms with van der Waals surface area (Å²) in [4.78, 5) is 0. The lowest BCUT2D eigenvalue weighted by Gasteiger charge is -2.25. The maximum atomic E-state index is 5.45. The van der Waals surface area contributed by atoms with Crippen LogP contribution in [0.3, 0.4) is 0 Å². The van der Waals surface area contributed by atoms with Crippen molar-refractivity contribution in [3.8, 4) is 0 Å². The van der Waals surface area contributed by atoms with Gasteiger partial charge in [-0.2, -0.15) is 0 Å². The fraction of sp³-hybridized carbons (Fsp3) is 0.600. The van der Waals surface area contributed by atoms with Gasteiger partial charge in [0.1, 0.15) is 0 Å². The quantitative estimate of drug-likeness (QED) is 0.593. The third-order valence-corrected chi connectivity index (χ3v) is 4.91. The average molecular weight is 216 g/mol. The van der Waals surface area contributed by atoms with E-state index in [9.17, 15) is 0 Å². The summed E-state index contributed by atoms with van der Waals surface area (Å²) in [6, 6.07) is 0. The molecular weight excluding hydrogens is 196 g/mol. The molecule has 1 saturated carbocycles. The van der Waals surface area contributed by atoms with Gasteiger partial charge in [-0.05, 0) is 54.2 Å². The maximum Gasteiger partial charge on any atom is 0.0942 e. The van der Waals surface area contributed by atoms with Crippen molar-refractivity contribution >= 4 is 0 Å². The Hall–Kier alpha value is -0.980. The summed E-state index contributed by atoms with van der Waals surface area (Å²) in [6.45, 7) is 9.26. The van der Waals surface area contributed by atoms with E-state index in [-0.39, 0.29) is 0 Å². The number of ether oxygens (including phenoxy) is 1. The molecule has 1 aliphatic heterocycles. The van der Waals surface area contributed by atoms with Gasteiger partial charge >= 0.3 is 0 Å². The summed E-state index contributed by atoms with van der Waals surface area (Å²) in [7, 11) is 0. The molecule has 3 rings (SSSR count). The summed E-state index contributed by atoms with van der Waals surface area (Å²) in [5, 5.41) is 0. The molecule has 86 valence electrons. The van der Waals surface area contributed by atoms with Gasteiger partial charge in [-0.25, -0.2) is 0 Å². The first-order valence-corrected chi connectivity index (χ1v) is 6.23. The molecule has 0 radical (unpaired) electrons. The van der Waals surface area contributed by atoms with Gasteiger partial charge in [-0.3, -0.25) is 0 Å². The average Bonchev–Trinajstić information content (AvgIpc) is 2.81. The minimum absolute atomic E-state index is 0.507. The Kier molecular flexibility index (Phi) is 1.93. The Balaban J connectivity index is 2.06. The smallest absolute Gasteiger partial charge is 0.0942 e. The SMILES string of the molecule is CC1=CCC2C(C3C(C)=COC=C13)C2(C)C. The van der Waals surface area contributed by atoms with E-state index in [2.05, 4.69) is 33.8 Å². The molecule has 1 heterocycles. The summed E-state index contributed by atoms with van der Waals surface area (Å²) in [5.41, 5.74) is 4.74. The number of hydrogen-bond acceptors (Lipinski definition) is 1. The molecule has 3 atom stereocenters. The molecule has 16 heavy (non-hydrogen) atoms. The highest BCUT2D eigenvalue weighted by atomic mass is 16.5. The topological polar surface area (TPSA) is 9.23 Å². The molecule has 0 N–H and O–H groups in total. The molecular formula is C15H20O. The van der Waals surface area contributed by atoms with Crippen LogP contribution >= 0.6 is 0 Å². The number of hydrogen-bond donors (Lipinski definition) is 0. The standard InChI is InChI=1S/C15H20O/c1-9-5-6-12-14(15(12,3)4)13-10(2)7-16-8-11(9)13/h5,7-8,12-14H,6H2,1-4H3. The fourth-order valence-electron chi connectivity index (χ4n) is 3.74. The minimum atomic E-state index is 0.507. The zero-order valence-electron chi connectivity index (χ0n) is 10.6. The highest BCUT2D eigenvalue weighted by molar-refractivity contribution is 5.42. The molecule has 0 aromatic carbocycles. The van der Waals surface area contributed by atoms with Gasteiger partial charge in [-0.15, -0.1) is 0 Å². The van der Waals surface area contributed by atoms with Crippen LogP contribution in [-0.4, -0.2) is 0 Å². The largest absolute Gasteiger partial charge is 0.472 e. The van der Waals surface area contributed by atoms with Crippen molar-refractivity contribution in [1.29, 1.82) is 0 Å². The van der Waals surface area contributed by atoms with E-state index in [1.807, 2.05) is 12.5 Å². The Morgan fingerprint density at radius 3 is 2.75 bits per heavy atom. The zero-order chi connectivity index (χ0) is 11.5. The first-order valence-electron chi connectivity index (χ1n) is 6.23. The number of fused-ring (bicyclic) bond motifs is 3.